The Balaban J connectivity index is 2.02. The van der Waals surface area contributed by atoms with Gasteiger partial charge in [-0.15, -0.1) is 20.1 Å². The van der Waals surface area contributed by atoms with Crippen LogP contribution in [-0.2, 0) is 0 Å². The monoisotopic (exact) mass is 397 g/mol. The molecule has 2 amide bonds. The Hall–Kier alpha value is -2.42. The number of amides is 2. The molecule has 6 nitrogen and oxygen atoms in total. The second-order valence-electron chi connectivity index (χ2n) is 6.78. The van der Waals surface area contributed by atoms with Gasteiger partial charge in [0.15, 0.2) is 16.3 Å². The van der Waals surface area contributed by atoms with Gasteiger partial charge in [-0.3, -0.25) is 4.57 Å². The van der Waals surface area contributed by atoms with E-state index in [4.69, 9.17) is 0 Å². The largest absolute Gasteiger partial charge is 0.586 e. The first kappa shape index (κ1) is 19.3. The maximum absolute atomic E-state index is 13.2. The van der Waals surface area contributed by atoms with Crippen LogP contribution < -0.4 is 14.3 Å². The summed E-state index contributed by atoms with van der Waals surface area (Å²) in [5, 5.41) is 0. The van der Waals surface area contributed by atoms with E-state index in [1.807, 2.05) is 34.6 Å². The topological polar surface area (TPSA) is 56.1 Å². The number of fused-ring (bicyclic) bond motifs is 1. The molecule has 0 saturated carbocycles. The summed E-state index contributed by atoms with van der Waals surface area (Å²) in [5.74, 6) is -0.0891. The zero-order chi connectivity index (χ0) is 19.9. The molecule has 0 radical (unpaired) electrons. The minimum Gasteiger partial charge on any atom is -0.395 e. The highest BCUT2D eigenvalue weighted by molar-refractivity contribution is 7.09. The Morgan fingerprint density at radius 3 is 2.44 bits per heavy atom. The summed E-state index contributed by atoms with van der Waals surface area (Å²) in [6, 6.07) is 4.12. The summed E-state index contributed by atoms with van der Waals surface area (Å²) in [6.45, 7) is 9.60. The fraction of sp³-hybridized carbons (Fsp3) is 0.444. The Morgan fingerprint density at radius 1 is 1.19 bits per heavy atom. The SMILES string of the molecule is Cc1cn(-c2ccc3c(c2)OC(F)(F)O3)/c(=N/C(=O)N(C(C)C)C(C)C)s1. The number of benzene rings is 1. The highest BCUT2D eigenvalue weighted by Crippen LogP contribution is 2.41. The maximum Gasteiger partial charge on any atom is 0.586 e. The fourth-order valence-corrected chi connectivity index (χ4v) is 3.81. The molecule has 0 N–H and O–H groups in total. The van der Waals surface area contributed by atoms with Crippen LogP contribution in [0.5, 0.6) is 11.5 Å². The second-order valence-corrected chi connectivity index (χ2v) is 8.00. The summed E-state index contributed by atoms with van der Waals surface area (Å²) < 4.78 is 37.1. The van der Waals surface area contributed by atoms with Crippen molar-refractivity contribution < 1.29 is 23.0 Å². The molecule has 0 fully saturated rings. The van der Waals surface area contributed by atoms with Crippen molar-refractivity contribution in [2.75, 3.05) is 0 Å². The van der Waals surface area contributed by atoms with Gasteiger partial charge in [0.1, 0.15) is 0 Å². The average molecular weight is 397 g/mol. The van der Waals surface area contributed by atoms with Crippen molar-refractivity contribution >= 4 is 17.4 Å². The molecule has 1 aliphatic rings. The molecule has 0 spiro atoms. The van der Waals surface area contributed by atoms with Crippen LogP contribution in [0, 0.1) is 6.92 Å². The minimum atomic E-state index is -3.67. The van der Waals surface area contributed by atoms with E-state index in [0.29, 0.717) is 10.5 Å². The molecule has 1 aromatic carbocycles. The van der Waals surface area contributed by atoms with Gasteiger partial charge < -0.3 is 14.4 Å². The lowest BCUT2D eigenvalue weighted by Crippen LogP contribution is -2.41. The van der Waals surface area contributed by atoms with Gasteiger partial charge in [0.25, 0.3) is 0 Å². The molecular weight excluding hydrogens is 376 g/mol. The van der Waals surface area contributed by atoms with E-state index in [-0.39, 0.29) is 29.6 Å². The highest BCUT2D eigenvalue weighted by Gasteiger charge is 2.43. The van der Waals surface area contributed by atoms with E-state index in [1.54, 1.807) is 21.7 Å². The van der Waals surface area contributed by atoms with E-state index in [1.165, 1.54) is 23.5 Å². The number of nitrogens with zero attached hydrogens (tertiary/aromatic N) is 3. The number of ether oxygens (including phenoxy) is 2. The molecule has 146 valence electrons. The summed E-state index contributed by atoms with van der Waals surface area (Å²) in [4.78, 5) is 20.0. The molecule has 0 saturated heterocycles. The quantitative estimate of drug-likeness (QED) is 0.776. The standard InChI is InChI=1S/C18H21F2N3O3S/c1-10(2)23(11(3)4)16(24)21-17-22(9-12(5)27-17)13-6-7-14-15(8-13)26-18(19,20)25-14/h6-11H,1-5H3/b21-17-. The van der Waals surface area contributed by atoms with Crippen molar-refractivity contribution in [1.29, 1.82) is 0 Å². The first-order valence-corrected chi connectivity index (χ1v) is 9.35. The van der Waals surface area contributed by atoms with Crippen molar-refractivity contribution in [3.05, 3.63) is 34.1 Å². The van der Waals surface area contributed by atoms with Gasteiger partial charge in [-0.05, 0) is 46.8 Å². The van der Waals surface area contributed by atoms with Crippen molar-refractivity contribution in [3.63, 3.8) is 0 Å². The number of alkyl halides is 2. The zero-order valence-corrected chi connectivity index (χ0v) is 16.5. The summed E-state index contributed by atoms with van der Waals surface area (Å²) in [5.41, 5.74) is 0.548. The number of rotatable bonds is 3. The summed E-state index contributed by atoms with van der Waals surface area (Å²) >= 11 is 1.34. The highest BCUT2D eigenvalue weighted by atomic mass is 32.1. The first-order valence-electron chi connectivity index (χ1n) is 8.54. The Kier molecular flexibility index (Phi) is 4.98. The third kappa shape index (κ3) is 3.97. The molecule has 2 aromatic rings. The van der Waals surface area contributed by atoms with E-state index in [2.05, 4.69) is 14.5 Å². The van der Waals surface area contributed by atoms with Crippen LogP contribution >= 0.6 is 11.3 Å². The number of aryl methyl sites for hydroxylation is 1. The van der Waals surface area contributed by atoms with Crippen LogP contribution in [0.1, 0.15) is 32.6 Å². The van der Waals surface area contributed by atoms with Gasteiger partial charge in [-0.1, -0.05) is 0 Å². The van der Waals surface area contributed by atoms with Gasteiger partial charge in [-0.2, -0.15) is 4.99 Å². The van der Waals surface area contributed by atoms with E-state index < -0.39 is 6.29 Å². The molecule has 0 unspecified atom stereocenters. The summed E-state index contributed by atoms with van der Waals surface area (Å²) in [6.07, 6.45) is -1.88. The van der Waals surface area contributed by atoms with Crippen LogP contribution in [0.15, 0.2) is 29.4 Å². The number of aromatic nitrogens is 1. The number of hydrogen-bond donors (Lipinski definition) is 0. The van der Waals surface area contributed by atoms with Gasteiger partial charge in [0.05, 0.1) is 5.69 Å². The number of urea groups is 1. The molecule has 1 aliphatic heterocycles. The van der Waals surface area contributed by atoms with Crippen molar-refractivity contribution in [2.45, 2.75) is 53.0 Å². The van der Waals surface area contributed by atoms with Crippen LogP contribution in [0.2, 0.25) is 0 Å². The van der Waals surface area contributed by atoms with Crippen molar-refractivity contribution in [3.8, 4) is 17.2 Å². The fourth-order valence-electron chi connectivity index (χ4n) is 2.98. The number of carbonyl (C=O) groups is 1. The molecule has 0 atom stereocenters. The molecule has 1 aromatic heterocycles. The second kappa shape index (κ2) is 6.95. The van der Waals surface area contributed by atoms with E-state index in [9.17, 15) is 13.6 Å². The third-order valence-electron chi connectivity index (χ3n) is 3.96. The maximum atomic E-state index is 13.2. The van der Waals surface area contributed by atoms with Gasteiger partial charge in [-0.25, -0.2) is 4.79 Å². The number of hydrogen-bond acceptors (Lipinski definition) is 4. The van der Waals surface area contributed by atoms with Crippen LogP contribution in [0.4, 0.5) is 13.6 Å². The molecular formula is C18H21F2N3O3S. The van der Waals surface area contributed by atoms with Crippen LogP contribution in [0.3, 0.4) is 0 Å². The lowest BCUT2D eigenvalue weighted by Gasteiger charge is -2.28. The Bertz CT molecular complexity index is 926. The minimum absolute atomic E-state index is 0.00327. The summed E-state index contributed by atoms with van der Waals surface area (Å²) in [7, 11) is 0. The number of halogens is 2. The molecule has 0 bridgehead atoms. The molecule has 27 heavy (non-hydrogen) atoms. The number of carbonyl (C=O) groups excluding carboxylic acids is 1. The predicted octanol–water partition coefficient (Wildman–Crippen LogP) is 4.31. The third-order valence-corrected chi connectivity index (χ3v) is 4.86. The predicted molar refractivity (Wildman–Crippen MR) is 97.7 cm³/mol. The lowest BCUT2D eigenvalue weighted by atomic mass is 10.2. The average Bonchev–Trinajstić information content (AvgIpc) is 3.03. The Morgan fingerprint density at radius 2 is 1.81 bits per heavy atom. The van der Waals surface area contributed by atoms with Crippen molar-refractivity contribution in [1.82, 2.24) is 9.47 Å². The van der Waals surface area contributed by atoms with E-state index in [0.717, 1.165) is 4.88 Å². The number of thiazole rings is 1. The Labute approximate surface area is 159 Å². The molecule has 3 rings (SSSR count). The van der Waals surface area contributed by atoms with Gasteiger partial charge >= 0.3 is 12.3 Å². The zero-order valence-electron chi connectivity index (χ0n) is 15.7. The molecule has 2 heterocycles. The van der Waals surface area contributed by atoms with E-state index >= 15 is 0 Å². The normalized spacial score (nSPS) is 15.7. The smallest absolute Gasteiger partial charge is 0.395 e. The van der Waals surface area contributed by atoms with Gasteiger partial charge in [0, 0.05) is 29.2 Å². The van der Waals surface area contributed by atoms with Crippen LogP contribution in [-0.4, -0.2) is 33.9 Å². The van der Waals surface area contributed by atoms with Crippen LogP contribution in [0.25, 0.3) is 5.69 Å². The molecule has 0 aliphatic carbocycles. The van der Waals surface area contributed by atoms with Gasteiger partial charge in [0.2, 0.25) is 0 Å². The lowest BCUT2D eigenvalue weighted by molar-refractivity contribution is -0.286. The molecule has 9 heteroatoms. The first-order chi connectivity index (χ1) is 12.6. The van der Waals surface area contributed by atoms with Crippen molar-refractivity contribution in [2.24, 2.45) is 4.99 Å².